The number of hydrogen-bond acceptors (Lipinski definition) is 10. The molecule has 3 heterocycles. The molecule has 0 saturated carbocycles. The number of methoxy groups -OCH3 is 4. The van der Waals surface area contributed by atoms with Gasteiger partial charge in [0, 0.05) is 46.2 Å². The van der Waals surface area contributed by atoms with Crippen molar-refractivity contribution in [1.29, 1.82) is 0 Å². The second-order valence-electron chi connectivity index (χ2n) is 10.6. The summed E-state index contributed by atoms with van der Waals surface area (Å²) in [5.74, 6) is 2.04. The van der Waals surface area contributed by atoms with Gasteiger partial charge in [0.2, 0.25) is 0 Å². The van der Waals surface area contributed by atoms with Gasteiger partial charge in [0.05, 0.1) is 34.0 Å². The highest BCUT2D eigenvalue weighted by molar-refractivity contribution is 7.60. The van der Waals surface area contributed by atoms with E-state index in [2.05, 4.69) is 0 Å². The smallest absolute Gasteiger partial charge is 0.200 e. The highest BCUT2D eigenvalue weighted by atomic mass is 31.2. The molecule has 10 nitrogen and oxygen atoms in total. The monoisotopic (exact) mass is 575 g/mol. The standard InChI is InChI=1S/C29H41N2O8P/c1-35-21-18-24(38-4)26-25(19-21)39-27(20-11-12-22(36-2)23(17-20)37-3)28(32)29(26,30-13-7-5-8-14-30)40(33,34)31-15-9-6-10-16-31/h11-12,17-19,27-28,32H,5-10,13-16H2,1-4H3,(H,33,34)/p-1. The van der Waals surface area contributed by atoms with Crippen LogP contribution in [0.15, 0.2) is 30.3 Å². The Morgan fingerprint density at radius 2 is 1.43 bits per heavy atom. The molecule has 0 spiro atoms. The number of aliphatic hydroxyl groups excluding tert-OH is 1. The maximum atomic E-state index is 15.1. The molecule has 3 aliphatic rings. The van der Waals surface area contributed by atoms with Crippen molar-refractivity contribution in [3.05, 3.63) is 41.5 Å². The zero-order valence-electron chi connectivity index (χ0n) is 23.8. The van der Waals surface area contributed by atoms with Crippen molar-refractivity contribution >= 4 is 7.87 Å². The minimum absolute atomic E-state index is 0.304. The van der Waals surface area contributed by atoms with E-state index in [1.807, 2.05) is 4.90 Å². The summed E-state index contributed by atoms with van der Waals surface area (Å²) in [6, 6.07) is 8.59. The molecular weight excluding hydrogens is 535 g/mol. The van der Waals surface area contributed by atoms with Crippen LogP contribution >= 0.6 is 7.87 Å². The van der Waals surface area contributed by atoms with E-state index in [0.29, 0.717) is 66.1 Å². The van der Waals surface area contributed by atoms with Gasteiger partial charge in [0.25, 0.3) is 0 Å². The Hall–Kier alpha value is -2.33. The Labute approximate surface area is 236 Å². The summed E-state index contributed by atoms with van der Waals surface area (Å²) in [6.45, 7) is 1.87. The van der Waals surface area contributed by atoms with Gasteiger partial charge in [0.15, 0.2) is 29.0 Å². The molecule has 2 saturated heterocycles. The van der Waals surface area contributed by atoms with Gasteiger partial charge in [-0.2, -0.15) is 4.67 Å². The molecule has 0 amide bonds. The van der Waals surface area contributed by atoms with Crippen molar-refractivity contribution in [1.82, 2.24) is 9.57 Å². The summed E-state index contributed by atoms with van der Waals surface area (Å²) < 4.78 is 30.4. The summed E-state index contributed by atoms with van der Waals surface area (Å²) in [6.07, 6.45) is 2.67. The van der Waals surface area contributed by atoms with Crippen molar-refractivity contribution < 1.29 is 38.6 Å². The summed E-state index contributed by atoms with van der Waals surface area (Å²) >= 11 is 0. The summed E-state index contributed by atoms with van der Waals surface area (Å²) in [7, 11) is 1.53. The highest BCUT2D eigenvalue weighted by Gasteiger charge is 2.66. The van der Waals surface area contributed by atoms with Crippen LogP contribution in [0.25, 0.3) is 0 Å². The van der Waals surface area contributed by atoms with Crippen LogP contribution in [-0.2, 0) is 5.28 Å². The van der Waals surface area contributed by atoms with E-state index >= 15 is 9.79 Å². The Morgan fingerprint density at radius 3 is 2.02 bits per heavy atom. The van der Waals surface area contributed by atoms with E-state index in [-0.39, 0.29) is 0 Å². The molecule has 11 heteroatoms. The Kier molecular flexibility index (Phi) is 8.66. The first-order valence-electron chi connectivity index (χ1n) is 14.0. The molecule has 2 aromatic carbocycles. The van der Waals surface area contributed by atoms with Gasteiger partial charge in [-0.15, -0.1) is 0 Å². The van der Waals surface area contributed by atoms with Gasteiger partial charge in [-0.3, -0.25) is 4.90 Å². The summed E-state index contributed by atoms with van der Waals surface area (Å²) in [5, 5.41) is 10.7. The van der Waals surface area contributed by atoms with Crippen molar-refractivity contribution in [3.8, 4) is 28.7 Å². The number of likely N-dealkylation sites (tertiary alicyclic amines) is 1. The van der Waals surface area contributed by atoms with Gasteiger partial charge in [-0.1, -0.05) is 18.9 Å². The number of piperidine rings is 2. The number of hydrogen-bond donors (Lipinski definition) is 1. The normalized spacial score (nSPS) is 26.0. The van der Waals surface area contributed by atoms with Crippen LogP contribution in [-0.4, -0.2) is 75.4 Å². The fourth-order valence-electron chi connectivity index (χ4n) is 6.56. The van der Waals surface area contributed by atoms with Gasteiger partial charge in [-0.05, 0) is 43.4 Å². The maximum Gasteiger partial charge on any atom is 0.200 e. The zero-order chi connectivity index (χ0) is 28.5. The van der Waals surface area contributed by atoms with Crippen molar-refractivity contribution in [2.75, 3.05) is 54.6 Å². The summed E-state index contributed by atoms with van der Waals surface area (Å²) in [4.78, 5) is 32.2. The van der Waals surface area contributed by atoms with Gasteiger partial charge >= 0.3 is 0 Å². The third kappa shape index (κ3) is 4.68. The van der Waals surface area contributed by atoms with Crippen molar-refractivity contribution in [2.45, 2.75) is 56.0 Å². The summed E-state index contributed by atoms with van der Waals surface area (Å²) in [5.41, 5.74) is 0.892. The third-order valence-corrected chi connectivity index (χ3v) is 11.3. The number of nitrogens with zero attached hydrogens (tertiary/aromatic N) is 2. The van der Waals surface area contributed by atoms with E-state index in [9.17, 15) is 5.11 Å². The quantitative estimate of drug-likeness (QED) is 0.471. The molecular formula is C29H40N2O8P-. The van der Waals surface area contributed by atoms with E-state index in [0.717, 1.165) is 38.5 Å². The molecule has 2 aromatic rings. The number of fused-ring (bicyclic) bond motifs is 1. The van der Waals surface area contributed by atoms with Gasteiger partial charge in [0.1, 0.15) is 17.2 Å². The van der Waals surface area contributed by atoms with Crippen LogP contribution in [0.2, 0.25) is 0 Å². The van der Waals surface area contributed by atoms with Crippen LogP contribution in [0.5, 0.6) is 28.7 Å². The Balaban J connectivity index is 1.80. The lowest BCUT2D eigenvalue weighted by molar-refractivity contribution is -0.344. The lowest BCUT2D eigenvalue weighted by Gasteiger charge is -2.64. The molecule has 2 fully saturated rings. The largest absolute Gasteiger partial charge is 0.667 e. The predicted octanol–water partition coefficient (Wildman–Crippen LogP) is 2.82. The molecule has 3 aliphatic heterocycles. The molecule has 0 aliphatic carbocycles. The van der Waals surface area contributed by atoms with E-state index in [4.69, 9.17) is 23.7 Å². The average Bonchev–Trinajstić information content (AvgIpc) is 3.00. The molecule has 0 radical (unpaired) electrons. The maximum absolute atomic E-state index is 15.1. The first-order chi connectivity index (χ1) is 19.3. The third-order valence-electron chi connectivity index (χ3n) is 8.53. The number of rotatable bonds is 8. The molecule has 3 atom stereocenters. The van der Waals surface area contributed by atoms with E-state index < -0.39 is 25.4 Å². The lowest BCUT2D eigenvalue weighted by atomic mass is 9.86. The fourth-order valence-corrected chi connectivity index (χ4v) is 9.33. The van der Waals surface area contributed by atoms with E-state index in [1.165, 1.54) is 21.3 Å². The molecule has 0 aromatic heterocycles. The average molecular weight is 576 g/mol. The predicted molar refractivity (Wildman–Crippen MR) is 148 cm³/mol. The Bertz CT molecular complexity index is 1180. The number of ether oxygens (including phenoxy) is 5. The second-order valence-corrected chi connectivity index (χ2v) is 12.9. The van der Waals surface area contributed by atoms with Crippen molar-refractivity contribution in [3.63, 3.8) is 0 Å². The zero-order valence-corrected chi connectivity index (χ0v) is 24.7. The second kappa shape index (κ2) is 11.9. The van der Waals surface area contributed by atoms with Crippen molar-refractivity contribution in [2.24, 2.45) is 0 Å². The topological polar surface area (TPSA) is 119 Å². The minimum Gasteiger partial charge on any atom is -0.667 e. The van der Waals surface area contributed by atoms with Gasteiger partial charge in [-0.25, -0.2) is 0 Å². The van der Waals surface area contributed by atoms with E-state index in [1.54, 1.807) is 42.1 Å². The number of benzene rings is 2. The van der Waals surface area contributed by atoms with Crippen LogP contribution in [0, 0.1) is 0 Å². The number of aliphatic hydroxyl groups is 1. The molecule has 40 heavy (non-hydrogen) atoms. The molecule has 0 bridgehead atoms. The molecule has 5 rings (SSSR count). The van der Waals surface area contributed by atoms with Crippen LogP contribution < -0.4 is 33.5 Å². The first kappa shape index (κ1) is 29.2. The molecule has 1 N–H and O–H groups in total. The van der Waals surface area contributed by atoms with Crippen LogP contribution in [0.3, 0.4) is 0 Å². The fraction of sp³-hybridized carbons (Fsp3) is 0.586. The minimum atomic E-state index is -4.58. The first-order valence-corrected chi connectivity index (χ1v) is 15.6. The van der Waals surface area contributed by atoms with Gasteiger partial charge < -0.3 is 38.6 Å². The van der Waals surface area contributed by atoms with Crippen LogP contribution in [0.4, 0.5) is 0 Å². The SMILES string of the molecule is COc1cc(OC)c2c(c1)OC(c1ccc(OC)c(OC)c1)C(O)C2(N1CCCCC1)[P+]([O-])([O-])N1CCCCC1. The lowest BCUT2D eigenvalue weighted by Crippen LogP contribution is -2.67. The highest BCUT2D eigenvalue weighted by Crippen LogP contribution is 2.72. The molecule has 220 valence electrons. The Morgan fingerprint density at radius 1 is 0.800 bits per heavy atom. The molecule has 3 unspecified atom stereocenters. The van der Waals surface area contributed by atoms with Crippen LogP contribution in [0.1, 0.15) is 55.8 Å².